The molecular formula is C10H11N3OS. The summed E-state index contributed by atoms with van der Waals surface area (Å²) in [4.78, 5) is 4.43. The van der Waals surface area contributed by atoms with E-state index < -0.39 is 0 Å². The summed E-state index contributed by atoms with van der Waals surface area (Å²) in [5.41, 5.74) is 1.76. The molecule has 0 saturated heterocycles. The van der Waals surface area contributed by atoms with Gasteiger partial charge in [0.05, 0.1) is 12.3 Å². The average Bonchev–Trinajstić information content (AvgIpc) is 2.66. The Morgan fingerprint density at radius 2 is 2.20 bits per heavy atom. The molecule has 4 nitrogen and oxygen atoms in total. The molecule has 0 N–H and O–H groups in total. The molecule has 0 unspecified atom stereocenters. The van der Waals surface area contributed by atoms with Gasteiger partial charge >= 0.3 is 0 Å². The summed E-state index contributed by atoms with van der Waals surface area (Å²) in [5.74, 6) is 0. The fraction of sp³-hybridized carbons (Fsp3) is 0.300. The van der Waals surface area contributed by atoms with E-state index in [0.717, 1.165) is 21.4 Å². The van der Waals surface area contributed by atoms with Crippen molar-refractivity contribution < 1.29 is 4.74 Å². The molecule has 0 radical (unpaired) electrons. The van der Waals surface area contributed by atoms with Gasteiger partial charge in [0, 0.05) is 7.11 Å². The van der Waals surface area contributed by atoms with Crippen molar-refractivity contribution >= 4 is 11.3 Å². The van der Waals surface area contributed by atoms with Gasteiger partial charge in [0.2, 0.25) is 0 Å². The van der Waals surface area contributed by atoms with E-state index in [-0.39, 0.29) is 0 Å². The second-order valence-corrected chi connectivity index (χ2v) is 4.26. The predicted molar refractivity (Wildman–Crippen MR) is 58.6 cm³/mol. The van der Waals surface area contributed by atoms with Gasteiger partial charge < -0.3 is 4.74 Å². The Hall–Kier alpha value is -1.33. The van der Waals surface area contributed by atoms with Crippen LogP contribution in [0.2, 0.25) is 0 Å². The molecular weight excluding hydrogens is 210 g/mol. The molecule has 0 bridgehead atoms. The summed E-state index contributed by atoms with van der Waals surface area (Å²) in [6.45, 7) is 2.45. The van der Waals surface area contributed by atoms with Crippen LogP contribution in [0.1, 0.15) is 10.7 Å². The maximum Gasteiger partial charge on any atom is 0.166 e. The summed E-state index contributed by atoms with van der Waals surface area (Å²) in [5, 5.41) is 9.82. The van der Waals surface area contributed by atoms with Gasteiger partial charge in [-0.1, -0.05) is 17.4 Å². The van der Waals surface area contributed by atoms with Crippen molar-refractivity contribution in [3.05, 3.63) is 28.9 Å². The average molecular weight is 221 g/mol. The van der Waals surface area contributed by atoms with Gasteiger partial charge in [-0.15, -0.1) is 10.2 Å². The first-order chi connectivity index (χ1) is 7.29. The molecule has 0 aliphatic carbocycles. The van der Waals surface area contributed by atoms with Crippen LogP contribution in [0.5, 0.6) is 0 Å². The fourth-order valence-electron chi connectivity index (χ4n) is 1.23. The van der Waals surface area contributed by atoms with Crippen molar-refractivity contribution in [3.8, 4) is 10.7 Å². The molecule has 0 amide bonds. The van der Waals surface area contributed by atoms with Gasteiger partial charge in [-0.25, -0.2) is 4.98 Å². The Kier molecular flexibility index (Phi) is 3.03. The number of aromatic nitrogens is 3. The minimum atomic E-state index is 0.519. The van der Waals surface area contributed by atoms with E-state index in [1.165, 1.54) is 0 Å². The third-order valence-electron chi connectivity index (χ3n) is 1.84. The Balaban J connectivity index is 2.32. The number of hydrogen-bond acceptors (Lipinski definition) is 5. The zero-order valence-corrected chi connectivity index (χ0v) is 9.41. The standard InChI is InChI=1S/C10H11N3OS/c1-7-12-13-10(15-7)9-5-3-4-8(11-9)6-14-2/h3-5H,6H2,1-2H3. The maximum absolute atomic E-state index is 5.03. The quantitative estimate of drug-likeness (QED) is 0.796. The molecule has 2 aromatic rings. The van der Waals surface area contributed by atoms with Crippen molar-refractivity contribution in [3.63, 3.8) is 0 Å². The molecule has 0 atom stereocenters. The van der Waals surface area contributed by atoms with Crippen LogP contribution in [0.3, 0.4) is 0 Å². The van der Waals surface area contributed by atoms with Gasteiger partial charge in [0.1, 0.15) is 10.7 Å². The molecule has 0 aliphatic rings. The van der Waals surface area contributed by atoms with E-state index in [1.54, 1.807) is 18.4 Å². The Morgan fingerprint density at radius 1 is 1.33 bits per heavy atom. The molecule has 0 aromatic carbocycles. The van der Waals surface area contributed by atoms with Crippen LogP contribution < -0.4 is 0 Å². The lowest BCUT2D eigenvalue weighted by atomic mass is 10.3. The first-order valence-electron chi connectivity index (χ1n) is 4.55. The molecule has 2 rings (SSSR count). The number of ether oxygens (including phenoxy) is 1. The molecule has 5 heteroatoms. The molecule has 78 valence electrons. The van der Waals surface area contributed by atoms with Crippen LogP contribution >= 0.6 is 11.3 Å². The zero-order chi connectivity index (χ0) is 10.7. The second-order valence-electron chi connectivity index (χ2n) is 3.07. The minimum absolute atomic E-state index is 0.519. The van der Waals surface area contributed by atoms with Crippen LogP contribution in [0, 0.1) is 6.92 Å². The molecule has 0 spiro atoms. The lowest BCUT2D eigenvalue weighted by molar-refractivity contribution is 0.181. The highest BCUT2D eigenvalue weighted by molar-refractivity contribution is 7.14. The highest BCUT2D eigenvalue weighted by Gasteiger charge is 2.05. The summed E-state index contributed by atoms with van der Waals surface area (Å²) < 4.78 is 5.03. The summed E-state index contributed by atoms with van der Waals surface area (Å²) in [7, 11) is 1.66. The van der Waals surface area contributed by atoms with E-state index >= 15 is 0 Å². The van der Waals surface area contributed by atoms with Crippen molar-refractivity contribution in [1.29, 1.82) is 0 Å². The molecule has 0 saturated carbocycles. The maximum atomic E-state index is 5.03. The van der Waals surface area contributed by atoms with E-state index in [0.29, 0.717) is 6.61 Å². The summed E-state index contributed by atoms with van der Waals surface area (Å²) in [6.07, 6.45) is 0. The molecule has 0 fully saturated rings. The van der Waals surface area contributed by atoms with Crippen LogP contribution in [0.15, 0.2) is 18.2 Å². The SMILES string of the molecule is COCc1cccc(-c2nnc(C)s2)n1. The molecule has 2 aromatic heterocycles. The Morgan fingerprint density at radius 3 is 2.87 bits per heavy atom. The topological polar surface area (TPSA) is 47.9 Å². The number of aryl methyl sites for hydroxylation is 1. The first-order valence-corrected chi connectivity index (χ1v) is 5.36. The first kappa shape index (κ1) is 10.2. The van der Waals surface area contributed by atoms with Crippen LogP contribution in [-0.4, -0.2) is 22.3 Å². The van der Waals surface area contributed by atoms with Gasteiger partial charge in [-0.05, 0) is 19.1 Å². The summed E-state index contributed by atoms with van der Waals surface area (Å²) >= 11 is 1.54. The van der Waals surface area contributed by atoms with Crippen molar-refractivity contribution in [1.82, 2.24) is 15.2 Å². The highest BCUT2D eigenvalue weighted by atomic mass is 32.1. The van der Waals surface area contributed by atoms with Crippen molar-refractivity contribution in [2.24, 2.45) is 0 Å². The Labute approximate surface area is 92.0 Å². The summed E-state index contributed by atoms with van der Waals surface area (Å²) in [6, 6.07) is 5.81. The monoisotopic (exact) mass is 221 g/mol. The second kappa shape index (κ2) is 4.46. The third-order valence-corrected chi connectivity index (χ3v) is 2.71. The zero-order valence-electron chi connectivity index (χ0n) is 8.60. The lowest BCUT2D eigenvalue weighted by Crippen LogP contribution is -1.93. The molecule has 15 heavy (non-hydrogen) atoms. The molecule has 0 aliphatic heterocycles. The van der Waals surface area contributed by atoms with Crippen LogP contribution in [0.25, 0.3) is 10.7 Å². The van der Waals surface area contributed by atoms with Gasteiger partial charge in [-0.3, -0.25) is 0 Å². The number of nitrogens with zero attached hydrogens (tertiary/aromatic N) is 3. The van der Waals surface area contributed by atoms with Crippen molar-refractivity contribution in [2.45, 2.75) is 13.5 Å². The van der Waals surface area contributed by atoms with Crippen molar-refractivity contribution in [2.75, 3.05) is 7.11 Å². The number of pyridine rings is 1. The number of hydrogen-bond donors (Lipinski definition) is 0. The van der Waals surface area contributed by atoms with Crippen LogP contribution in [-0.2, 0) is 11.3 Å². The van der Waals surface area contributed by atoms with Gasteiger partial charge in [-0.2, -0.15) is 0 Å². The lowest BCUT2D eigenvalue weighted by Gasteiger charge is -2.00. The van der Waals surface area contributed by atoms with Gasteiger partial charge in [0.25, 0.3) is 0 Å². The van der Waals surface area contributed by atoms with E-state index in [4.69, 9.17) is 4.74 Å². The number of methoxy groups -OCH3 is 1. The minimum Gasteiger partial charge on any atom is -0.378 e. The van der Waals surface area contributed by atoms with Crippen LogP contribution in [0.4, 0.5) is 0 Å². The fourth-order valence-corrected chi connectivity index (χ4v) is 1.89. The third kappa shape index (κ3) is 2.37. The smallest absolute Gasteiger partial charge is 0.166 e. The van der Waals surface area contributed by atoms with E-state index in [9.17, 15) is 0 Å². The van der Waals surface area contributed by atoms with Gasteiger partial charge in [0.15, 0.2) is 5.01 Å². The largest absolute Gasteiger partial charge is 0.378 e. The highest BCUT2D eigenvalue weighted by Crippen LogP contribution is 2.21. The molecule has 2 heterocycles. The van der Waals surface area contributed by atoms with E-state index in [2.05, 4.69) is 15.2 Å². The van der Waals surface area contributed by atoms with E-state index in [1.807, 2.05) is 25.1 Å². The normalized spacial score (nSPS) is 10.5. The predicted octanol–water partition coefficient (Wildman–Crippen LogP) is 2.05. The number of rotatable bonds is 3. The Bertz CT molecular complexity index is 455.